The Bertz CT molecular complexity index is 1410. The molecular formula is C32H41N3O5S. The molecule has 0 saturated carbocycles. The van der Waals surface area contributed by atoms with Gasteiger partial charge in [-0.1, -0.05) is 55.3 Å². The Kier molecular flexibility index (Phi) is 11.3. The SMILES string of the molecule is CCCCNC(=O)[C@@H](C)N(Cc1ccccc1C)C(=O)CN(c1ccc(C)cc1)S(=O)(=O)c1ccc(OCC)cc1. The number of nitrogens with one attached hydrogen (secondary N) is 1. The first kappa shape index (κ1) is 31.7. The van der Waals surface area contributed by atoms with Crippen LogP contribution >= 0.6 is 0 Å². The zero-order valence-electron chi connectivity index (χ0n) is 24.6. The lowest BCUT2D eigenvalue weighted by Gasteiger charge is -2.32. The highest BCUT2D eigenvalue weighted by atomic mass is 32.2. The topological polar surface area (TPSA) is 96.0 Å². The van der Waals surface area contributed by atoms with E-state index >= 15 is 0 Å². The Morgan fingerprint density at radius 1 is 0.927 bits per heavy atom. The van der Waals surface area contributed by atoms with Crippen LogP contribution in [0.1, 0.15) is 50.3 Å². The number of hydrogen-bond acceptors (Lipinski definition) is 5. The lowest BCUT2D eigenvalue weighted by atomic mass is 10.1. The van der Waals surface area contributed by atoms with Crippen molar-refractivity contribution in [2.24, 2.45) is 0 Å². The fourth-order valence-electron chi connectivity index (χ4n) is 4.33. The number of carbonyl (C=O) groups excluding carboxylic acids is 2. The summed E-state index contributed by atoms with van der Waals surface area (Å²) in [6, 6.07) is 19.9. The molecule has 8 nitrogen and oxygen atoms in total. The summed E-state index contributed by atoms with van der Waals surface area (Å²) in [5, 5.41) is 2.91. The average molecular weight is 580 g/mol. The summed E-state index contributed by atoms with van der Waals surface area (Å²) in [6.45, 7) is 10.1. The number of nitrogens with zero attached hydrogens (tertiary/aromatic N) is 2. The Hall–Kier alpha value is -3.85. The van der Waals surface area contributed by atoms with Gasteiger partial charge in [0.1, 0.15) is 18.3 Å². The molecule has 0 radical (unpaired) electrons. The summed E-state index contributed by atoms with van der Waals surface area (Å²) >= 11 is 0. The minimum atomic E-state index is -4.14. The number of ether oxygens (including phenoxy) is 1. The van der Waals surface area contributed by atoms with Crippen LogP contribution in [0.2, 0.25) is 0 Å². The van der Waals surface area contributed by atoms with Crippen LogP contribution < -0.4 is 14.4 Å². The molecule has 0 fully saturated rings. The molecular weight excluding hydrogens is 538 g/mol. The third-order valence-corrected chi connectivity index (χ3v) is 8.71. The maximum absolute atomic E-state index is 14.0. The van der Waals surface area contributed by atoms with Gasteiger partial charge < -0.3 is 15.0 Å². The summed E-state index contributed by atoms with van der Waals surface area (Å²) in [7, 11) is -4.14. The molecule has 9 heteroatoms. The third kappa shape index (κ3) is 8.33. The van der Waals surface area contributed by atoms with Gasteiger partial charge in [0.25, 0.3) is 10.0 Å². The second kappa shape index (κ2) is 14.7. The van der Waals surface area contributed by atoms with E-state index in [1.807, 2.05) is 52.0 Å². The number of rotatable bonds is 14. The van der Waals surface area contributed by atoms with Gasteiger partial charge >= 0.3 is 0 Å². The highest BCUT2D eigenvalue weighted by Crippen LogP contribution is 2.26. The molecule has 2 amide bonds. The molecule has 0 aromatic heterocycles. The molecule has 41 heavy (non-hydrogen) atoms. The molecule has 0 aliphatic heterocycles. The lowest BCUT2D eigenvalue weighted by Crippen LogP contribution is -2.51. The lowest BCUT2D eigenvalue weighted by molar-refractivity contribution is -0.139. The summed E-state index contributed by atoms with van der Waals surface area (Å²) in [5.74, 6) is -0.213. The molecule has 1 atom stereocenters. The first-order chi connectivity index (χ1) is 19.6. The van der Waals surface area contributed by atoms with E-state index in [0.29, 0.717) is 24.6 Å². The molecule has 3 rings (SSSR count). The molecule has 3 aromatic carbocycles. The summed E-state index contributed by atoms with van der Waals surface area (Å²) in [5.41, 5.74) is 3.16. The van der Waals surface area contributed by atoms with E-state index in [1.165, 1.54) is 17.0 Å². The van der Waals surface area contributed by atoms with Gasteiger partial charge in [-0.15, -0.1) is 0 Å². The van der Waals surface area contributed by atoms with E-state index in [-0.39, 0.29) is 17.3 Å². The van der Waals surface area contributed by atoms with Gasteiger partial charge in [-0.05, 0) is 81.6 Å². The van der Waals surface area contributed by atoms with Crippen LogP contribution in [-0.4, -0.2) is 50.9 Å². The van der Waals surface area contributed by atoms with Gasteiger partial charge in [0, 0.05) is 13.1 Å². The van der Waals surface area contributed by atoms with Crippen LogP contribution in [-0.2, 0) is 26.2 Å². The summed E-state index contributed by atoms with van der Waals surface area (Å²) < 4.78 is 34.5. The van der Waals surface area contributed by atoms with Crippen molar-refractivity contribution in [1.29, 1.82) is 0 Å². The van der Waals surface area contributed by atoms with Crippen LogP contribution in [0.3, 0.4) is 0 Å². The normalized spacial score (nSPS) is 11.9. The number of sulfonamides is 1. The maximum Gasteiger partial charge on any atom is 0.264 e. The van der Waals surface area contributed by atoms with E-state index < -0.39 is 28.5 Å². The smallest absolute Gasteiger partial charge is 0.264 e. The zero-order chi connectivity index (χ0) is 30.0. The van der Waals surface area contributed by atoms with Crippen LogP contribution in [0.25, 0.3) is 0 Å². The maximum atomic E-state index is 14.0. The number of aryl methyl sites for hydroxylation is 2. The molecule has 0 unspecified atom stereocenters. The molecule has 0 aliphatic rings. The Balaban J connectivity index is 2.00. The van der Waals surface area contributed by atoms with Crippen molar-refractivity contribution in [3.05, 3.63) is 89.5 Å². The van der Waals surface area contributed by atoms with Gasteiger partial charge in [0.05, 0.1) is 17.2 Å². The molecule has 0 saturated heterocycles. The summed E-state index contributed by atoms with van der Waals surface area (Å²) in [6.07, 6.45) is 1.75. The second-order valence-corrected chi connectivity index (χ2v) is 11.9. The number of amides is 2. The number of benzene rings is 3. The Morgan fingerprint density at radius 3 is 2.20 bits per heavy atom. The van der Waals surface area contributed by atoms with Gasteiger partial charge in [0.2, 0.25) is 11.8 Å². The van der Waals surface area contributed by atoms with Crippen molar-refractivity contribution >= 4 is 27.5 Å². The van der Waals surface area contributed by atoms with Crippen molar-refractivity contribution in [1.82, 2.24) is 10.2 Å². The number of carbonyl (C=O) groups is 2. The highest BCUT2D eigenvalue weighted by molar-refractivity contribution is 7.92. The van der Waals surface area contributed by atoms with Crippen molar-refractivity contribution in [2.75, 3.05) is 24.0 Å². The van der Waals surface area contributed by atoms with Crippen molar-refractivity contribution in [2.45, 2.75) is 64.9 Å². The Morgan fingerprint density at radius 2 is 1.59 bits per heavy atom. The highest BCUT2D eigenvalue weighted by Gasteiger charge is 2.32. The van der Waals surface area contributed by atoms with Gasteiger partial charge in [0.15, 0.2) is 0 Å². The zero-order valence-corrected chi connectivity index (χ0v) is 25.4. The third-order valence-electron chi connectivity index (χ3n) is 6.92. The van der Waals surface area contributed by atoms with E-state index in [0.717, 1.165) is 33.8 Å². The van der Waals surface area contributed by atoms with Crippen molar-refractivity contribution in [3.8, 4) is 5.75 Å². The second-order valence-electron chi connectivity index (χ2n) is 10.0. The van der Waals surface area contributed by atoms with Crippen molar-refractivity contribution < 1.29 is 22.7 Å². The molecule has 0 heterocycles. The van der Waals surface area contributed by atoms with Gasteiger partial charge in [-0.25, -0.2) is 8.42 Å². The predicted octanol–water partition coefficient (Wildman–Crippen LogP) is 5.23. The minimum Gasteiger partial charge on any atom is -0.494 e. The van der Waals surface area contributed by atoms with Crippen LogP contribution in [0.4, 0.5) is 5.69 Å². The monoisotopic (exact) mass is 579 g/mol. The molecule has 0 bridgehead atoms. The van der Waals surface area contributed by atoms with Crippen LogP contribution in [0.15, 0.2) is 77.7 Å². The van der Waals surface area contributed by atoms with Gasteiger partial charge in [-0.2, -0.15) is 0 Å². The van der Waals surface area contributed by atoms with E-state index in [4.69, 9.17) is 4.74 Å². The first-order valence-electron chi connectivity index (χ1n) is 14.0. The fourth-order valence-corrected chi connectivity index (χ4v) is 5.75. The Labute approximate surface area is 244 Å². The van der Waals surface area contributed by atoms with Gasteiger partial charge in [-0.3, -0.25) is 13.9 Å². The largest absolute Gasteiger partial charge is 0.494 e. The van der Waals surface area contributed by atoms with Crippen molar-refractivity contribution in [3.63, 3.8) is 0 Å². The molecule has 220 valence electrons. The molecule has 0 aliphatic carbocycles. The fraction of sp³-hybridized carbons (Fsp3) is 0.375. The predicted molar refractivity (Wildman–Crippen MR) is 162 cm³/mol. The molecule has 1 N–H and O–H groups in total. The van der Waals surface area contributed by atoms with E-state index in [1.54, 1.807) is 43.3 Å². The van der Waals surface area contributed by atoms with E-state index in [2.05, 4.69) is 5.32 Å². The van der Waals surface area contributed by atoms with Crippen LogP contribution in [0, 0.1) is 13.8 Å². The number of unbranched alkanes of at least 4 members (excludes halogenated alkanes) is 1. The van der Waals surface area contributed by atoms with E-state index in [9.17, 15) is 18.0 Å². The molecule has 3 aromatic rings. The first-order valence-corrected chi connectivity index (χ1v) is 15.5. The number of anilines is 1. The summed E-state index contributed by atoms with van der Waals surface area (Å²) in [4.78, 5) is 28.6. The average Bonchev–Trinajstić information content (AvgIpc) is 2.96. The van der Waals surface area contributed by atoms with Crippen LogP contribution in [0.5, 0.6) is 5.75 Å². The standard InChI is InChI=1S/C32H41N3O5S/c1-6-8-21-33-32(37)26(5)34(22-27-12-10-9-11-25(27)4)31(36)23-35(28-15-13-24(3)14-16-28)41(38,39)30-19-17-29(18-20-30)40-7-2/h9-20,26H,6-8,21-23H2,1-5H3,(H,33,37)/t26-/m1/s1. The molecule has 0 spiro atoms. The minimum absolute atomic E-state index is 0.0325. The number of hydrogen-bond donors (Lipinski definition) is 1. The quantitative estimate of drug-likeness (QED) is 0.264.